The molecule has 0 bridgehead atoms. The van der Waals surface area contributed by atoms with Crippen LogP contribution in [0.2, 0.25) is 0 Å². The lowest BCUT2D eigenvalue weighted by Gasteiger charge is -2.26. The Labute approximate surface area is 226 Å². The summed E-state index contributed by atoms with van der Waals surface area (Å²) >= 11 is 0. The van der Waals surface area contributed by atoms with Gasteiger partial charge in [0.1, 0.15) is 23.3 Å². The quantitative estimate of drug-likeness (QED) is 0.154. The van der Waals surface area contributed by atoms with E-state index >= 15 is 4.39 Å². The number of amidine groups is 1. The summed E-state index contributed by atoms with van der Waals surface area (Å²) in [6.45, 7) is 2.18. The smallest absolute Gasteiger partial charge is 0.475 e. The molecule has 1 aromatic heterocycles. The number of nitrogens with zero attached hydrogens (tertiary/aromatic N) is 4. The minimum absolute atomic E-state index is 0.0232. The van der Waals surface area contributed by atoms with Crippen molar-refractivity contribution in [1.82, 2.24) is 14.8 Å². The number of benzene rings is 3. The van der Waals surface area contributed by atoms with Crippen LogP contribution in [-0.4, -0.2) is 37.9 Å². The lowest BCUT2D eigenvalue weighted by Crippen LogP contribution is -2.22. The summed E-state index contributed by atoms with van der Waals surface area (Å²) in [5, 5.41) is 19.1. The summed E-state index contributed by atoms with van der Waals surface area (Å²) in [5.74, 6) is -3.61. The first-order chi connectivity index (χ1) is 18.8. The number of hydrogen-bond donors (Lipinski definition) is 3. The Kier molecular flexibility index (Phi) is 9.19. The molecule has 3 aromatic carbocycles. The Morgan fingerprint density at radius 1 is 1.05 bits per heavy atom. The van der Waals surface area contributed by atoms with Crippen LogP contribution in [-0.2, 0) is 24.8 Å². The zero-order valence-corrected chi connectivity index (χ0v) is 21.4. The molecule has 40 heavy (non-hydrogen) atoms. The molecule has 0 amide bonds. The molecular weight excluding hydrogens is 535 g/mol. The molecule has 1 heterocycles. The molecule has 0 atom stereocenters. The summed E-state index contributed by atoms with van der Waals surface area (Å²) in [6.07, 6.45) is -4.29. The lowest BCUT2D eigenvalue weighted by atomic mass is 10.1. The second-order valence-corrected chi connectivity index (χ2v) is 8.45. The first-order valence-electron chi connectivity index (χ1n) is 11.8. The fraction of sp³-hybridized carbons (Fsp3) is 0.185. The summed E-state index contributed by atoms with van der Waals surface area (Å²) < 4.78 is 63.2. The minimum Gasteiger partial charge on any atom is -0.475 e. The molecule has 0 saturated carbocycles. The zero-order chi connectivity index (χ0) is 29.6. The highest BCUT2D eigenvalue weighted by Gasteiger charge is 2.38. The zero-order valence-electron chi connectivity index (χ0n) is 21.4. The lowest BCUT2D eigenvalue weighted by molar-refractivity contribution is -0.192. The van der Waals surface area contributed by atoms with Gasteiger partial charge in [-0.2, -0.15) is 18.3 Å². The number of nitrogen functional groups attached to an aromatic ring is 1. The van der Waals surface area contributed by atoms with Gasteiger partial charge in [0, 0.05) is 24.4 Å². The average molecular weight is 561 g/mol. The highest BCUT2D eigenvalue weighted by molar-refractivity contribution is 5.95. The number of carboxylic acid groups (broad SMARTS) is 1. The van der Waals surface area contributed by atoms with Crippen molar-refractivity contribution in [1.29, 1.82) is 5.41 Å². The maximum absolute atomic E-state index is 15.2. The molecule has 8 nitrogen and oxygen atoms in total. The van der Waals surface area contributed by atoms with Crippen molar-refractivity contribution in [2.45, 2.75) is 26.1 Å². The monoisotopic (exact) mass is 560 g/mol. The molecule has 4 N–H and O–H groups in total. The van der Waals surface area contributed by atoms with Crippen LogP contribution >= 0.6 is 0 Å². The van der Waals surface area contributed by atoms with Crippen LogP contribution in [0.3, 0.4) is 0 Å². The number of carboxylic acids is 1. The third-order valence-electron chi connectivity index (χ3n) is 5.68. The molecule has 0 saturated heterocycles. The number of anilines is 2. The molecule has 4 aromatic rings. The first kappa shape index (κ1) is 29.7. The van der Waals surface area contributed by atoms with Gasteiger partial charge in [0.25, 0.3) is 0 Å². The predicted molar refractivity (Wildman–Crippen MR) is 139 cm³/mol. The van der Waals surface area contributed by atoms with Crippen molar-refractivity contribution in [3.63, 3.8) is 0 Å². The van der Waals surface area contributed by atoms with Gasteiger partial charge in [-0.25, -0.2) is 18.6 Å². The fourth-order valence-corrected chi connectivity index (χ4v) is 3.61. The number of hydrogen-bond acceptors (Lipinski definition) is 5. The number of aromatic nitrogens is 3. The Bertz CT molecular complexity index is 1510. The average Bonchev–Trinajstić information content (AvgIpc) is 3.28. The van der Waals surface area contributed by atoms with E-state index in [0.29, 0.717) is 17.3 Å². The fourth-order valence-electron chi connectivity index (χ4n) is 3.61. The largest absolute Gasteiger partial charge is 0.490 e. The van der Waals surface area contributed by atoms with E-state index in [1.54, 1.807) is 16.6 Å². The highest BCUT2D eigenvalue weighted by Crippen LogP contribution is 2.32. The van der Waals surface area contributed by atoms with Crippen LogP contribution in [0.15, 0.2) is 66.7 Å². The van der Waals surface area contributed by atoms with Crippen LogP contribution < -0.4 is 10.6 Å². The van der Waals surface area contributed by atoms with Gasteiger partial charge in [-0.1, -0.05) is 49.4 Å². The van der Waals surface area contributed by atoms with Crippen molar-refractivity contribution < 1.29 is 31.9 Å². The Balaban J connectivity index is 0.000000559. The summed E-state index contributed by atoms with van der Waals surface area (Å²) in [4.78, 5) is 15.2. The van der Waals surface area contributed by atoms with Gasteiger partial charge in [-0.05, 0) is 30.2 Å². The van der Waals surface area contributed by atoms with Crippen molar-refractivity contribution in [2.75, 3.05) is 4.90 Å². The first-order valence-corrected chi connectivity index (χ1v) is 11.8. The topological polar surface area (TPSA) is 121 Å². The number of halogens is 5. The second-order valence-electron chi connectivity index (χ2n) is 8.45. The predicted octanol–water partition coefficient (Wildman–Crippen LogP) is 5.58. The molecule has 0 fully saturated rings. The number of carbonyl (C=O) groups is 1. The highest BCUT2D eigenvalue weighted by atomic mass is 19.4. The maximum Gasteiger partial charge on any atom is 0.490 e. The maximum atomic E-state index is 15.2. The van der Waals surface area contributed by atoms with Gasteiger partial charge < -0.3 is 15.7 Å². The molecule has 0 radical (unpaired) electrons. The molecule has 0 aliphatic heterocycles. The molecule has 0 spiro atoms. The molecule has 4 rings (SSSR count). The van der Waals surface area contributed by atoms with E-state index in [4.69, 9.17) is 21.0 Å². The Hall–Kier alpha value is -4.81. The number of rotatable bonds is 7. The van der Waals surface area contributed by atoms with E-state index in [9.17, 15) is 17.6 Å². The molecule has 0 unspecified atom stereocenters. The number of alkyl halides is 3. The van der Waals surface area contributed by atoms with Gasteiger partial charge >= 0.3 is 12.1 Å². The van der Waals surface area contributed by atoms with Crippen molar-refractivity contribution in [2.24, 2.45) is 12.8 Å². The summed E-state index contributed by atoms with van der Waals surface area (Å²) in [6, 6.07) is 19.2. The summed E-state index contributed by atoms with van der Waals surface area (Å²) in [5.41, 5.74) is 7.76. The van der Waals surface area contributed by atoms with Crippen LogP contribution in [0, 0.1) is 17.0 Å². The number of aryl methyl sites for hydroxylation is 2. The van der Waals surface area contributed by atoms with E-state index < -0.39 is 29.6 Å². The molecule has 0 aliphatic carbocycles. The van der Waals surface area contributed by atoms with Crippen LogP contribution in [0.4, 0.5) is 33.3 Å². The minimum atomic E-state index is -5.08. The Morgan fingerprint density at radius 3 is 2.27 bits per heavy atom. The molecule has 13 heteroatoms. The van der Waals surface area contributed by atoms with Crippen LogP contribution in [0.5, 0.6) is 0 Å². The third kappa shape index (κ3) is 7.18. The number of nitrogens with one attached hydrogen (secondary N) is 1. The summed E-state index contributed by atoms with van der Waals surface area (Å²) in [7, 11) is 1.77. The standard InChI is InChI=1S/C25H24F2N6.C2HF3O2/c1-3-16-8-7-11-18(12-16)33(22-14-20(26)19(24(28)29)13-21(22)27)15-23-30-25(31-32(23)2)17-9-5-4-6-10-17;3-2(4,5)1(6)7/h4-14H,3,15H2,1-2H3,(H3,28,29);(H,6,7). The van der Waals surface area contributed by atoms with Crippen molar-refractivity contribution >= 4 is 23.2 Å². The van der Waals surface area contributed by atoms with E-state index in [1.165, 1.54) is 0 Å². The van der Waals surface area contributed by atoms with E-state index in [2.05, 4.69) is 10.1 Å². The Morgan fingerprint density at radius 2 is 1.70 bits per heavy atom. The van der Waals surface area contributed by atoms with Gasteiger partial charge in [0.05, 0.1) is 17.8 Å². The van der Waals surface area contributed by atoms with Gasteiger partial charge in [0.2, 0.25) is 0 Å². The molecule has 210 valence electrons. The third-order valence-corrected chi connectivity index (χ3v) is 5.68. The van der Waals surface area contributed by atoms with E-state index in [1.807, 2.05) is 61.5 Å². The van der Waals surface area contributed by atoms with Gasteiger partial charge in [-0.15, -0.1) is 0 Å². The molecular formula is C27H25F5N6O2. The SMILES string of the molecule is CCc1cccc(N(Cc2nc(-c3ccccc3)nn2C)c2cc(F)c(C(=N)N)cc2F)c1.O=C(O)C(F)(F)F. The van der Waals surface area contributed by atoms with Gasteiger partial charge in [-0.3, -0.25) is 10.1 Å². The van der Waals surface area contributed by atoms with Crippen LogP contribution in [0.25, 0.3) is 11.4 Å². The van der Waals surface area contributed by atoms with E-state index in [0.717, 1.165) is 29.7 Å². The van der Waals surface area contributed by atoms with Crippen LogP contribution in [0.1, 0.15) is 23.9 Å². The van der Waals surface area contributed by atoms with Crippen molar-refractivity contribution in [3.8, 4) is 11.4 Å². The van der Waals surface area contributed by atoms with E-state index in [-0.39, 0.29) is 17.8 Å². The number of nitrogens with two attached hydrogens (primary N) is 1. The molecule has 0 aliphatic rings. The normalized spacial score (nSPS) is 11.0. The van der Waals surface area contributed by atoms with Gasteiger partial charge in [0.15, 0.2) is 5.82 Å². The van der Waals surface area contributed by atoms with Crippen molar-refractivity contribution in [3.05, 3.63) is 95.3 Å². The number of aliphatic carboxylic acids is 1. The second kappa shape index (κ2) is 12.4.